The molecule has 4 nitrogen and oxygen atoms in total. The molecule has 1 amide bonds. The van der Waals surface area contributed by atoms with Crippen molar-refractivity contribution in [3.05, 3.63) is 40.9 Å². The van der Waals surface area contributed by atoms with Gasteiger partial charge >= 0.3 is 0 Å². The summed E-state index contributed by atoms with van der Waals surface area (Å²) in [6, 6.07) is 5.76. The lowest BCUT2D eigenvalue weighted by atomic mass is 10.0. The Kier molecular flexibility index (Phi) is 3.80. The summed E-state index contributed by atoms with van der Waals surface area (Å²) in [5, 5.41) is 2.79. The lowest BCUT2D eigenvalue weighted by molar-refractivity contribution is 0.100. The minimum atomic E-state index is -0.390. The van der Waals surface area contributed by atoms with Crippen LogP contribution in [0.5, 0.6) is 0 Å². The quantitative estimate of drug-likeness (QED) is 0.940. The van der Waals surface area contributed by atoms with Crippen molar-refractivity contribution in [3.63, 3.8) is 0 Å². The first-order valence-corrected chi connectivity index (χ1v) is 7.67. The molecule has 2 heterocycles. The second kappa shape index (κ2) is 5.73. The Morgan fingerprint density at radius 1 is 1.35 bits per heavy atom. The molecule has 1 saturated heterocycles. The number of thiazole rings is 1. The van der Waals surface area contributed by atoms with Crippen LogP contribution in [0.3, 0.4) is 0 Å². The Labute approximate surface area is 122 Å². The molecule has 1 aromatic carbocycles. The predicted molar refractivity (Wildman–Crippen MR) is 80.6 cm³/mol. The maximum absolute atomic E-state index is 11.7. The van der Waals surface area contributed by atoms with Crippen LogP contribution in [-0.4, -0.2) is 28.9 Å². The van der Waals surface area contributed by atoms with Crippen LogP contribution in [0.25, 0.3) is 10.6 Å². The van der Waals surface area contributed by atoms with Gasteiger partial charge in [-0.1, -0.05) is 12.1 Å². The molecule has 20 heavy (non-hydrogen) atoms. The number of hydrogen-bond donors (Lipinski definition) is 1. The van der Waals surface area contributed by atoms with E-state index in [9.17, 15) is 4.79 Å². The van der Waals surface area contributed by atoms with Crippen molar-refractivity contribution in [2.75, 3.05) is 13.1 Å². The lowest BCUT2D eigenvalue weighted by Crippen LogP contribution is -2.20. The Hall–Kier alpha value is -1.72. The summed E-state index contributed by atoms with van der Waals surface area (Å²) in [7, 11) is 0. The number of benzene rings is 1. The standard InChI is InChI=1S/C15H17N3OS/c16-14(19)12-5-3-4-11(10-18-7-1-2-8-18)13(12)15-17-6-9-20-15/h3-6,9H,1-2,7-8,10H2,(H2,16,19). The Morgan fingerprint density at radius 2 is 2.15 bits per heavy atom. The zero-order valence-electron chi connectivity index (χ0n) is 11.2. The van der Waals surface area contributed by atoms with E-state index in [1.54, 1.807) is 23.6 Å². The topological polar surface area (TPSA) is 59.2 Å². The van der Waals surface area contributed by atoms with Gasteiger partial charge < -0.3 is 5.73 Å². The number of aromatic nitrogens is 1. The number of amides is 1. The zero-order valence-corrected chi connectivity index (χ0v) is 12.0. The number of carbonyl (C=O) groups is 1. The summed E-state index contributed by atoms with van der Waals surface area (Å²) in [5.74, 6) is -0.390. The number of primary amides is 1. The fourth-order valence-corrected chi connectivity index (χ4v) is 3.45. The highest BCUT2D eigenvalue weighted by Gasteiger charge is 2.19. The highest BCUT2D eigenvalue weighted by molar-refractivity contribution is 7.13. The van der Waals surface area contributed by atoms with Crippen molar-refractivity contribution in [2.24, 2.45) is 5.73 Å². The molecule has 104 valence electrons. The van der Waals surface area contributed by atoms with Crippen molar-refractivity contribution >= 4 is 17.2 Å². The van der Waals surface area contributed by atoms with E-state index in [2.05, 4.69) is 16.0 Å². The van der Waals surface area contributed by atoms with E-state index in [1.165, 1.54) is 12.8 Å². The summed E-state index contributed by atoms with van der Waals surface area (Å²) < 4.78 is 0. The minimum absolute atomic E-state index is 0.390. The van der Waals surface area contributed by atoms with Crippen molar-refractivity contribution < 1.29 is 4.79 Å². The lowest BCUT2D eigenvalue weighted by Gasteiger charge is -2.18. The minimum Gasteiger partial charge on any atom is -0.366 e. The number of hydrogen-bond acceptors (Lipinski definition) is 4. The van der Waals surface area contributed by atoms with Crippen LogP contribution in [0.1, 0.15) is 28.8 Å². The van der Waals surface area contributed by atoms with Gasteiger partial charge in [0.25, 0.3) is 0 Å². The van der Waals surface area contributed by atoms with E-state index in [4.69, 9.17) is 5.73 Å². The molecule has 1 aliphatic heterocycles. The monoisotopic (exact) mass is 287 g/mol. The number of likely N-dealkylation sites (tertiary alicyclic amines) is 1. The van der Waals surface area contributed by atoms with Crippen LogP contribution in [0, 0.1) is 0 Å². The molecule has 3 rings (SSSR count). The van der Waals surface area contributed by atoms with Gasteiger partial charge in [0.2, 0.25) is 5.91 Å². The molecule has 0 unspecified atom stereocenters. The number of nitrogens with two attached hydrogens (primary N) is 1. The second-order valence-corrected chi connectivity index (χ2v) is 5.92. The number of carbonyl (C=O) groups excluding carboxylic acids is 1. The summed E-state index contributed by atoms with van der Waals surface area (Å²) in [5.41, 5.74) is 8.13. The molecule has 0 spiro atoms. The van der Waals surface area contributed by atoms with Gasteiger partial charge in [0, 0.05) is 29.2 Å². The summed E-state index contributed by atoms with van der Waals surface area (Å²) in [6.45, 7) is 3.10. The molecule has 2 aromatic rings. The fraction of sp³-hybridized carbons (Fsp3) is 0.333. The van der Waals surface area contributed by atoms with Crippen molar-refractivity contribution in [1.29, 1.82) is 0 Å². The molecule has 1 aliphatic rings. The third-order valence-electron chi connectivity index (χ3n) is 3.66. The summed E-state index contributed by atoms with van der Waals surface area (Å²) in [6.07, 6.45) is 4.27. The average molecular weight is 287 g/mol. The maximum Gasteiger partial charge on any atom is 0.249 e. The van der Waals surface area contributed by atoms with Crippen molar-refractivity contribution in [3.8, 4) is 10.6 Å². The predicted octanol–water partition coefficient (Wildman–Crippen LogP) is 2.50. The Bertz CT molecular complexity index is 604. The average Bonchev–Trinajstić information content (AvgIpc) is 3.10. The molecule has 0 bridgehead atoms. The van der Waals surface area contributed by atoms with Crippen molar-refractivity contribution in [1.82, 2.24) is 9.88 Å². The Balaban J connectivity index is 2.04. The van der Waals surface area contributed by atoms with Gasteiger partial charge in [-0.3, -0.25) is 9.69 Å². The van der Waals surface area contributed by atoms with Gasteiger partial charge in [0.05, 0.1) is 0 Å². The third-order valence-corrected chi connectivity index (χ3v) is 4.45. The molecule has 0 atom stereocenters. The van der Waals surface area contributed by atoms with Gasteiger partial charge in [0.1, 0.15) is 5.01 Å². The maximum atomic E-state index is 11.7. The van der Waals surface area contributed by atoms with E-state index in [-0.39, 0.29) is 0 Å². The van der Waals surface area contributed by atoms with E-state index in [0.29, 0.717) is 5.56 Å². The van der Waals surface area contributed by atoms with Gasteiger partial charge in [-0.05, 0) is 37.6 Å². The van der Waals surface area contributed by atoms with Gasteiger partial charge in [0.15, 0.2) is 0 Å². The first-order valence-electron chi connectivity index (χ1n) is 6.79. The first-order chi connectivity index (χ1) is 9.75. The highest BCUT2D eigenvalue weighted by atomic mass is 32.1. The molecular weight excluding hydrogens is 270 g/mol. The summed E-state index contributed by atoms with van der Waals surface area (Å²) in [4.78, 5) is 18.5. The molecular formula is C15H17N3OS. The first kappa shape index (κ1) is 13.3. The van der Waals surface area contributed by atoms with Gasteiger partial charge in [-0.2, -0.15) is 0 Å². The molecule has 5 heteroatoms. The molecule has 2 N–H and O–H groups in total. The van der Waals surface area contributed by atoms with Crippen LogP contribution in [-0.2, 0) is 6.54 Å². The largest absolute Gasteiger partial charge is 0.366 e. The normalized spacial score (nSPS) is 15.6. The van der Waals surface area contributed by atoms with E-state index in [1.807, 2.05) is 11.4 Å². The van der Waals surface area contributed by atoms with Gasteiger partial charge in [-0.15, -0.1) is 11.3 Å². The molecule has 1 aromatic heterocycles. The van der Waals surface area contributed by atoms with Crippen LogP contribution in [0.2, 0.25) is 0 Å². The summed E-state index contributed by atoms with van der Waals surface area (Å²) >= 11 is 1.54. The van der Waals surface area contributed by atoms with Crippen LogP contribution >= 0.6 is 11.3 Å². The van der Waals surface area contributed by atoms with Crippen LogP contribution in [0.4, 0.5) is 0 Å². The smallest absolute Gasteiger partial charge is 0.249 e. The van der Waals surface area contributed by atoms with E-state index in [0.717, 1.165) is 35.8 Å². The van der Waals surface area contributed by atoms with E-state index < -0.39 is 5.91 Å². The Morgan fingerprint density at radius 3 is 2.80 bits per heavy atom. The SMILES string of the molecule is NC(=O)c1cccc(CN2CCCC2)c1-c1nccs1. The van der Waals surface area contributed by atoms with Crippen LogP contribution in [0.15, 0.2) is 29.8 Å². The molecule has 0 saturated carbocycles. The number of rotatable bonds is 4. The third kappa shape index (κ3) is 2.59. The fourth-order valence-electron chi connectivity index (χ4n) is 2.72. The highest BCUT2D eigenvalue weighted by Crippen LogP contribution is 2.30. The zero-order chi connectivity index (χ0) is 13.9. The number of nitrogens with zero attached hydrogens (tertiary/aromatic N) is 2. The van der Waals surface area contributed by atoms with E-state index >= 15 is 0 Å². The van der Waals surface area contributed by atoms with Gasteiger partial charge in [-0.25, -0.2) is 4.98 Å². The second-order valence-electron chi connectivity index (χ2n) is 5.02. The molecule has 1 fully saturated rings. The molecule has 0 aliphatic carbocycles. The molecule has 0 radical (unpaired) electrons. The van der Waals surface area contributed by atoms with Crippen LogP contribution < -0.4 is 5.73 Å². The van der Waals surface area contributed by atoms with Crippen molar-refractivity contribution in [2.45, 2.75) is 19.4 Å².